The van der Waals surface area contributed by atoms with Gasteiger partial charge in [-0.2, -0.15) is 5.10 Å². The predicted octanol–water partition coefficient (Wildman–Crippen LogP) is 4.43. The maximum Gasteiger partial charge on any atom is 0.519 e. The average molecular weight is 463 g/mol. The summed E-state index contributed by atoms with van der Waals surface area (Å²) in [6.07, 6.45) is 2.14. The second-order valence-corrected chi connectivity index (χ2v) is 8.12. The normalized spacial score (nSPS) is 11.0. The topological polar surface area (TPSA) is 119 Å². The number of nitrogens with one attached hydrogen (secondary N) is 2. The van der Waals surface area contributed by atoms with Gasteiger partial charge in [0, 0.05) is 17.8 Å². The largest absolute Gasteiger partial charge is 0.519 e. The standard InChI is InChI=1S/C25H26N4O5/c1-4-5-11-29-16(3)23(15(2)28-29)27-24(31)18-7-6-8-19(14-18)26-22(30)13-17-9-10-20-21(12-17)34-25(32)33-20/h6-10,12,14H,4-5,11,13H2,1-3H3,(H,26,30)(H,27,31). The first kappa shape index (κ1) is 23.0. The van der Waals surface area contributed by atoms with Crippen molar-refractivity contribution in [3.8, 4) is 0 Å². The van der Waals surface area contributed by atoms with Crippen molar-refractivity contribution in [1.82, 2.24) is 9.78 Å². The lowest BCUT2D eigenvalue weighted by atomic mass is 10.1. The summed E-state index contributed by atoms with van der Waals surface area (Å²) in [5.41, 5.74) is 4.57. The maximum atomic E-state index is 12.9. The van der Waals surface area contributed by atoms with E-state index in [0.29, 0.717) is 28.1 Å². The van der Waals surface area contributed by atoms with Gasteiger partial charge in [-0.3, -0.25) is 14.3 Å². The van der Waals surface area contributed by atoms with Crippen molar-refractivity contribution in [3.05, 3.63) is 75.6 Å². The van der Waals surface area contributed by atoms with Crippen molar-refractivity contribution in [2.45, 2.75) is 46.6 Å². The number of hydrogen-bond donors (Lipinski definition) is 2. The Bertz CT molecular complexity index is 1410. The summed E-state index contributed by atoms with van der Waals surface area (Å²) in [6, 6.07) is 11.6. The molecule has 34 heavy (non-hydrogen) atoms. The summed E-state index contributed by atoms with van der Waals surface area (Å²) in [6.45, 7) is 6.74. The van der Waals surface area contributed by atoms with Gasteiger partial charge in [0.05, 0.1) is 23.5 Å². The lowest BCUT2D eigenvalue weighted by molar-refractivity contribution is -0.115. The molecule has 0 saturated carbocycles. The van der Waals surface area contributed by atoms with Crippen molar-refractivity contribution >= 4 is 34.4 Å². The number of benzene rings is 2. The van der Waals surface area contributed by atoms with E-state index in [9.17, 15) is 14.4 Å². The van der Waals surface area contributed by atoms with Crippen molar-refractivity contribution in [2.75, 3.05) is 10.6 Å². The fourth-order valence-electron chi connectivity index (χ4n) is 3.74. The van der Waals surface area contributed by atoms with E-state index in [2.05, 4.69) is 22.7 Å². The Morgan fingerprint density at radius 2 is 1.82 bits per heavy atom. The predicted molar refractivity (Wildman–Crippen MR) is 128 cm³/mol. The summed E-state index contributed by atoms with van der Waals surface area (Å²) in [4.78, 5) is 36.6. The van der Waals surface area contributed by atoms with Crippen LogP contribution in [0.3, 0.4) is 0 Å². The third kappa shape index (κ3) is 5.09. The first-order valence-electron chi connectivity index (χ1n) is 11.1. The number of carbonyl (C=O) groups excluding carboxylic acids is 2. The number of fused-ring (bicyclic) bond motifs is 1. The molecule has 9 nitrogen and oxygen atoms in total. The van der Waals surface area contributed by atoms with Gasteiger partial charge in [0.1, 0.15) is 0 Å². The Hall–Kier alpha value is -4.14. The van der Waals surface area contributed by atoms with Crippen molar-refractivity contribution in [3.63, 3.8) is 0 Å². The molecule has 2 amide bonds. The summed E-state index contributed by atoms with van der Waals surface area (Å²) in [5, 5.41) is 10.3. The lowest BCUT2D eigenvalue weighted by Gasteiger charge is -2.09. The van der Waals surface area contributed by atoms with Gasteiger partial charge in [-0.05, 0) is 56.2 Å². The Balaban J connectivity index is 1.43. The molecule has 0 aliphatic carbocycles. The van der Waals surface area contributed by atoms with Crippen molar-refractivity contribution in [1.29, 1.82) is 0 Å². The molecule has 0 spiro atoms. The monoisotopic (exact) mass is 462 g/mol. The summed E-state index contributed by atoms with van der Waals surface area (Å²) >= 11 is 0. The molecule has 0 aliphatic rings. The number of rotatable bonds is 8. The number of carbonyl (C=O) groups is 2. The highest BCUT2D eigenvalue weighted by Crippen LogP contribution is 2.22. The van der Waals surface area contributed by atoms with Crippen molar-refractivity contribution in [2.24, 2.45) is 0 Å². The number of aromatic nitrogens is 2. The van der Waals surface area contributed by atoms with E-state index < -0.39 is 5.82 Å². The fourth-order valence-corrected chi connectivity index (χ4v) is 3.74. The molecule has 0 atom stereocenters. The van der Waals surface area contributed by atoms with Crippen LogP contribution in [0, 0.1) is 13.8 Å². The van der Waals surface area contributed by atoms with E-state index >= 15 is 0 Å². The molecular weight excluding hydrogens is 436 g/mol. The van der Waals surface area contributed by atoms with Crippen LogP contribution in [-0.4, -0.2) is 21.6 Å². The number of anilines is 2. The van der Waals surface area contributed by atoms with E-state index in [-0.39, 0.29) is 23.8 Å². The van der Waals surface area contributed by atoms with Crippen LogP contribution in [0.25, 0.3) is 11.2 Å². The zero-order valence-electron chi connectivity index (χ0n) is 19.3. The molecule has 2 N–H and O–H groups in total. The van der Waals surface area contributed by atoms with Gasteiger partial charge >= 0.3 is 5.82 Å². The lowest BCUT2D eigenvalue weighted by Crippen LogP contribution is -2.16. The van der Waals surface area contributed by atoms with E-state index in [1.165, 1.54) is 0 Å². The molecule has 0 unspecified atom stereocenters. The molecule has 9 heteroatoms. The quantitative estimate of drug-likeness (QED) is 0.400. The number of amides is 2. The smallest absolute Gasteiger partial charge is 0.391 e. The number of nitrogens with zero attached hydrogens (tertiary/aromatic N) is 2. The highest BCUT2D eigenvalue weighted by Gasteiger charge is 2.16. The van der Waals surface area contributed by atoms with Gasteiger partial charge < -0.3 is 19.5 Å². The van der Waals surface area contributed by atoms with E-state index in [4.69, 9.17) is 8.83 Å². The van der Waals surface area contributed by atoms with Crippen LogP contribution >= 0.6 is 0 Å². The van der Waals surface area contributed by atoms with Crippen LogP contribution in [0.15, 0.2) is 56.1 Å². The molecule has 0 bridgehead atoms. The zero-order valence-corrected chi connectivity index (χ0v) is 19.3. The van der Waals surface area contributed by atoms with Gasteiger partial charge in [-0.15, -0.1) is 0 Å². The molecule has 0 aliphatic heterocycles. The van der Waals surface area contributed by atoms with Gasteiger partial charge in [-0.1, -0.05) is 25.5 Å². The second-order valence-electron chi connectivity index (χ2n) is 8.12. The molecular formula is C25H26N4O5. The van der Waals surface area contributed by atoms with E-state index in [1.807, 2.05) is 18.5 Å². The van der Waals surface area contributed by atoms with Gasteiger partial charge in [0.25, 0.3) is 5.91 Å². The highest BCUT2D eigenvalue weighted by molar-refractivity contribution is 6.06. The van der Waals surface area contributed by atoms with Crippen LogP contribution in [0.4, 0.5) is 11.4 Å². The Morgan fingerprint density at radius 3 is 2.62 bits per heavy atom. The van der Waals surface area contributed by atoms with E-state index in [1.54, 1.807) is 42.5 Å². The Morgan fingerprint density at radius 1 is 1.03 bits per heavy atom. The summed E-state index contributed by atoms with van der Waals surface area (Å²) < 4.78 is 11.7. The second kappa shape index (κ2) is 9.78. The van der Waals surface area contributed by atoms with Gasteiger partial charge in [-0.25, -0.2) is 4.79 Å². The zero-order chi connectivity index (χ0) is 24.2. The first-order chi connectivity index (χ1) is 16.3. The summed E-state index contributed by atoms with van der Waals surface area (Å²) in [7, 11) is 0. The Labute approximate surface area is 195 Å². The molecule has 0 saturated heterocycles. The SMILES string of the molecule is CCCCn1nc(C)c(NC(=O)c2cccc(NC(=O)Cc3ccc4oc(=O)oc4c3)c2)c1C. The molecule has 4 aromatic rings. The summed E-state index contributed by atoms with van der Waals surface area (Å²) in [5.74, 6) is -1.34. The highest BCUT2D eigenvalue weighted by atomic mass is 16.6. The van der Waals surface area contributed by atoms with Gasteiger partial charge in [0.15, 0.2) is 11.2 Å². The minimum absolute atomic E-state index is 0.0661. The molecule has 0 fully saturated rings. The van der Waals surface area contributed by atoms with Crippen LogP contribution in [0.5, 0.6) is 0 Å². The van der Waals surface area contributed by atoms with Gasteiger partial charge in [0.2, 0.25) is 5.91 Å². The molecule has 2 aromatic heterocycles. The minimum atomic E-state index is -0.787. The third-order valence-corrected chi connectivity index (χ3v) is 5.51. The van der Waals surface area contributed by atoms with Crippen LogP contribution < -0.4 is 16.5 Å². The molecule has 4 rings (SSSR count). The molecule has 2 aromatic carbocycles. The molecule has 2 heterocycles. The molecule has 0 radical (unpaired) electrons. The fraction of sp³-hybridized carbons (Fsp3) is 0.280. The van der Waals surface area contributed by atoms with Crippen LogP contribution in [-0.2, 0) is 17.8 Å². The number of aryl methyl sites for hydroxylation is 2. The van der Waals surface area contributed by atoms with E-state index in [0.717, 1.165) is 30.8 Å². The van der Waals surface area contributed by atoms with Crippen LogP contribution in [0.2, 0.25) is 0 Å². The van der Waals surface area contributed by atoms with Crippen LogP contribution in [0.1, 0.15) is 47.1 Å². The third-order valence-electron chi connectivity index (χ3n) is 5.51. The molecule has 176 valence electrons. The maximum absolute atomic E-state index is 12.9. The Kier molecular flexibility index (Phi) is 6.62. The number of unbranched alkanes of at least 4 members (excludes halogenated alkanes) is 1. The average Bonchev–Trinajstić information content (AvgIpc) is 3.30. The minimum Gasteiger partial charge on any atom is -0.391 e. The number of hydrogen-bond acceptors (Lipinski definition) is 6. The van der Waals surface area contributed by atoms with Crippen molar-refractivity contribution < 1.29 is 18.4 Å². The first-order valence-corrected chi connectivity index (χ1v) is 11.1.